The Labute approximate surface area is 69.7 Å². The molecular formula is C5H4N2O4S. The summed E-state index contributed by atoms with van der Waals surface area (Å²) < 4.78 is 19.0. The number of rotatable bonds is 2. The van der Waals surface area contributed by atoms with E-state index in [4.69, 9.17) is 4.55 Å². The van der Waals surface area contributed by atoms with Gasteiger partial charge in [-0.3, -0.25) is 10.1 Å². The maximum absolute atomic E-state index is 10.5. The molecule has 0 saturated heterocycles. The highest BCUT2D eigenvalue weighted by molar-refractivity contribution is 7.79. The molecule has 0 aliphatic rings. The minimum Gasteiger partial charge on any atom is -0.301 e. The van der Waals surface area contributed by atoms with Gasteiger partial charge >= 0.3 is 5.69 Å². The van der Waals surface area contributed by atoms with Crippen LogP contribution in [0.25, 0.3) is 0 Å². The third-order valence-corrected chi connectivity index (χ3v) is 1.76. The van der Waals surface area contributed by atoms with Crippen LogP contribution in [0, 0.1) is 10.1 Å². The van der Waals surface area contributed by atoms with Crippen LogP contribution < -0.4 is 0 Å². The Kier molecular flexibility index (Phi) is 2.46. The SMILES string of the molecule is O=[N+]([O-])c1cccnc1S(=O)O. The predicted octanol–water partition coefficient (Wildman–Crippen LogP) is 0.570. The fraction of sp³-hybridized carbons (Fsp3) is 0. The second-order valence-electron chi connectivity index (χ2n) is 1.83. The maximum Gasteiger partial charge on any atom is 0.306 e. The maximum atomic E-state index is 10.5. The van der Waals surface area contributed by atoms with Gasteiger partial charge in [0.1, 0.15) is 0 Å². The number of aromatic nitrogens is 1. The Bertz CT molecular complexity index is 307. The summed E-state index contributed by atoms with van der Waals surface area (Å²) in [5, 5.41) is 9.82. The lowest BCUT2D eigenvalue weighted by atomic mass is 10.4. The van der Waals surface area contributed by atoms with E-state index < -0.39 is 26.7 Å². The molecule has 0 amide bonds. The normalized spacial score (nSPS) is 12.4. The molecule has 0 spiro atoms. The summed E-state index contributed by atoms with van der Waals surface area (Å²) in [4.78, 5) is 12.9. The Morgan fingerprint density at radius 3 is 2.75 bits per heavy atom. The zero-order valence-corrected chi connectivity index (χ0v) is 6.52. The molecule has 1 N–H and O–H groups in total. The fourth-order valence-corrected chi connectivity index (χ4v) is 1.13. The summed E-state index contributed by atoms with van der Waals surface area (Å²) in [7, 11) is 0. The number of nitro groups is 1. The van der Waals surface area contributed by atoms with Gasteiger partial charge in [0.2, 0.25) is 16.1 Å². The monoisotopic (exact) mass is 188 g/mol. The third kappa shape index (κ3) is 1.63. The summed E-state index contributed by atoms with van der Waals surface area (Å²) in [5.74, 6) is 0. The molecule has 0 bridgehead atoms. The van der Waals surface area contributed by atoms with E-state index in [0.717, 1.165) is 6.07 Å². The van der Waals surface area contributed by atoms with Crippen LogP contribution in [0.2, 0.25) is 0 Å². The van der Waals surface area contributed by atoms with Crippen LogP contribution in [0.4, 0.5) is 5.69 Å². The number of nitrogens with zero attached hydrogens (tertiary/aromatic N) is 2. The van der Waals surface area contributed by atoms with Crippen molar-refractivity contribution in [2.45, 2.75) is 5.03 Å². The zero-order valence-electron chi connectivity index (χ0n) is 5.71. The van der Waals surface area contributed by atoms with Crippen LogP contribution >= 0.6 is 0 Å². The largest absolute Gasteiger partial charge is 0.306 e. The van der Waals surface area contributed by atoms with Gasteiger partial charge in [0.15, 0.2) is 0 Å². The highest BCUT2D eigenvalue weighted by Crippen LogP contribution is 2.16. The average molecular weight is 188 g/mol. The molecule has 1 unspecified atom stereocenters. The van der Waals surface area contributed by atoms with Crippen LogP contribution in [-0.4, -0.2) is 18.7 Å². The van der Waals surface area contributed by atoms with Crippen LogP contribution in [0.5, 0.6) is 0 Å². The molecule has 6 nitrogen and oxygen atoms in total. The lowest BCUT2D eigenvalue weighted by molar-refractivity contribution is -0.388. The van der Waals surface area contributed by atoms with Crippen molar-refractivity contribution in [1.29, 1.82) is 0 Å². The Balaban J connectivity index is 3.27. The van der Waals surface area contributed by atoms with E-state index in [9.17, 15) is 14.3 Å². The molecule has 0 radical (unpaired) electrons. The van der Waals surface area contributed by atoms with Gasteiger partial charge in [0, 0.05) is 12.3 Å². The van der Waals surface area contributed by atoms with Crippen molar-refractivity contribution in [1.82, 2.24) is 4.98 Å². The highest BCUT2D eigenvalue weighted by atomic mass is 32.2. The quantitative estimate of drug-likeness (QED) is 0.416. The van der Waals surface area contributed by atoms with Gasteiger partial charge in [-0.25, -0.2) is 9.19 Å². The van der Waals surface area contributed by atoms with Gasteiger partial charge in [0.05, 0.1) is 4.92 Å². The molecular weight excluding hydrogens is 184 g/mol. The van der Waals surface area contributed by atoms with Gasteiger partial charge in [0.25, 0.3) is 0 Å². The van der Waals surface area contributed by atoms with E-state index >= 15 is 0 Å². The molecule has 1 aromatic rings. The Morgan fingerprint density at radius 2 is 2.33 bits per heavy atom. The summed E-state index contributed by atoms with van der Waals surface area (Å²) >= 11 is -2.41. The first-order valence-corrected chi connectivity index (χ1v) is 3.94. The summed E-state index contributed by atoms with van der Waals surface area (Å²) in [6.07, 6.45) is 1.22. The third-order valence-electron chi connectivity index (χ3n) is 1.11. The highest BCUT2D eigenvalue weighted by Gasteiger charge is 2.18. The van der Waals surface area contributed by atoms with Gasteiger partial charge in [-0.05, 0) is 6.07 Å². The van der Waals surface area contributed by atoms with E-state index in [1.54, 1.807) is 0 Å². The van der Waals surface area contributed by atoms with Crippen LogP contribution in [-0.2, 0) is 11.1 Å². The van der Waals surface area contributed by atoms with Crippen molar-refractivity contribution in [3.8, 4) is 0 Å². The molecule has 64 valence electrons. The second kappa shape index (κ2) is 3.37. The topological polar surface area (TPSA) is 93.3 Å². The molecule has 1 atom stereocenters. The van der Waals surface area contributed by atoms with Crippen molar-refractivity contribution in [2.24, 2.45) is 0 Å². The van der Waals surface area contributed by atoms with Gasteiger partial charge in [-0.1, -0.05) is 0 Å². The van der Waals surface area contributed by atoms with E-state index in [-0.39, 0.29) is 0 Å². The van der Waals surface area contributed by atoms with Crippen LogP contribution in [0.1, 0.15) is 0 Å². The zero-order chi connectivity index (χ0) is 9.14. The molecule has 0 saturated carbocycles. The lowest BCUT2D eigenvalue weighted by Gasteiger charge is -1.94. The molecule has 1 rings (SSSR count). The Hall–Kier alpha value is -1.34. The second-order valence-corrected chi connectivity index (χ2v) is 2.72. The molecule has 0 aromatic carbocycles. The molecule has 7 heteroatoms. The molecule has 1 heterocycles. The summed E-state index contributed by atoms with van der Waals surface area (Å²) in [6, 6.07) is 2.45. The smallest absolute Gasteiger partial charge is 0.301 e. The summed E-state index contributed by atoms with van der Waals surface area (Å²) in [6.45, 7) is 0. The first-order chi connectivity index (χ1) is 5.63. The average Bonchev–Trinajstić information content (AvgIpc) is 2.04. The van der Waals surface area contributed by atoms with Gasteiger partial charge in [-0.15, -0.1) is 0 Å². The molecule has 0 aliphatic carbocycles. The van der Waals surface area contributed by atoms with E-state index in [1.165, 1.54) is 12.3 Å². The van der Waals surface area contributed by atoms with Crippen molar-refractivity contribution in [2.75, 3.05) is 0 Å². The molecule has 0 fully saturated rings. The standard InChI is InChI=1S/C5H4N2O4S/c8-7(9)4-2-1-3-6-5(4)12(10)11/h1-3H,(H,10,11). The summed E-state index contributed by atoms with van der Waals surface area (Å²) in [5.41, 5.74) is -0.446. The van der Waals surface area contributed by atoms with Gasteiger partial charge < -0.3 is 4.55 Å². The fourth-order valence-electron chi connectivity index (χ4n) is 0.656. The molecule has 1 aromatic heterocycles. The minimum atomic E-state index is -2.41. The number of pyridine rings is 1. The van der Waals surface area contributed by atoms with Crippen molar-refractivity contribution in [3.63, 3.8) is 0 Å². The molecule has 0 aliphatic heterocycles. The first kappa shape index (κ1) is 8.75. The van der Waals surface area contributed by atoms with Crippen molar-refractivity contribution < 1.29 is 13.7 Å². The molecule has 12 heavy (non-hydrogen) atoms. The minimum absolute atomic E-state index is 0.428. The lowest BCUT2D eigenvalue weighted by Crippen LogP contribution is -1.99. The number of hydrogen-bond donors (Lipinski definition) is 1. The van der Waals surface area contributed by atoms with Gasteiger partial charge in [-0.2, -0.15) is 0 Å². The van der Waals surface area contributed by atoms with Crippen molar-refractivity contribution in [3.05, 3.63) is 28.4 Å². The van der Waals surface area contributed by atoms with Crippen molar-refractivity contribution >= 4 is 16.8 Å². The number of hydrogen-bond acceptors (Lipinski definition) is 4. The van der Waals surface area contributed by atoms with E-state index in [0.29, 0.717) is 0 Å². The van der Waals surface area contributed by atoms with Crippen LogP contribution in [0.15, 0.2) is 23.4 Å². The first-order valence-electron chi connectivity index (χ1n) is 2.83. The van der Waals surface area contributed by atoms with Crippen LogP contribution in [0.3, 0.4) is 0 Å². The Morgan fingerprint density at radius 1 is 1.67 bits per heavy atom. The van der Waals surface area contributed by atoms with E-state index in [1.807, 2.05) is 0 Å². The predicted molar refractivity (Wildman–Crippen MR) is 39.9 cm³/mol. The van der Waals surface area contributed by atoms with E-state index in [2.05, 4.69) is 4.98 Å².